The lowest BCUT2D eigenvalue weighted by Crippen LogP contribution is -2.25. The quantitative estimate of drug-likeness (QED) is 0.790. The van der Waals surface area contributed by atoms with Crippen molar-refractivity contribution in [2.24, 2.45) is 0 Å². The van der Waals surface area contributed by atoms with Gasteiger partial charge in [-0.2, -0.15) is 0 Å². The molecule has 0 aliphatic carbocycles. The molecule has 0 saturated heterocycles. The molecule has 0 atom stereocenters. The largest absolute Gasteiger partial charge is 0.483 e. The fourth-order valence-corrected chi connectivity index (χ4v) is 1.69. The number of carbonyl (C=O) groups is 2. The van der Waals surface area contributed by atoms with Crippen molar-refractivity contribution in [2.45, 2.75) is 13.8 Å². The number of carboxylic acid groups (broad SMARTS) is 1. The highest BCUT2D eigenvalue weighted by Crippen LogP contribution is 2.25. The number of ether oxygens (including phenoxy) is 1. The Morgan fingerprint density at radius 1 is 1.32 bits per heavy atom. The zero-order chi connectivity index (χ0) is 14.4. The van der Waals surface area contributed by atoms with Crippen molar-refractivity contribution in [3.8, 4) is 5.75 Å². The lowest BCUT2D eigenvalue weighted by Gasteiger charge is -2.12. The van der Waals surface area contributed by atoms with Gasteiger partial charge in [0.1, 0.15) is 5.75 Å². The van der Waals surface area contributed by atoms with E-state index in [4.69, 9.17) is 9.84 Å². The summed E-state index contributed by atoms with van der Waals surface area (Å²) in [7, 11) is 1.55. The lowest BCUT2D eigenvalue weighted by atomic mass is 10.1. The first-order chi connectivity index (χ1) is 8.93. The molecule has 0 fully saturated rings. The van der Waals surface area contributed by atoms with Crippen molar-refractivity contribution in [2.75, 3.05) is 13.7 Å². The van der Waals surface area contributed by atoms with Crippen LogP contribution in [-0.4, -0.2) is 30.6 Å². The van der Waals surface area contributed by atoms with Gasteiger partial charge in [-0.15, -0.1) is 0 Å². The molecule has 102 valence electrons. The second kappa shape index (κ2) is 6.58. The van der Waals surface area contributed by atoms with E-state index in [-0.39, 0.29) is 12.5 Å². The van der Waals surface area contributed by atoms with E-state index in [2.05, 4.69) is 5.32 Å². The average molecular weight is 263 g/mol. The molecule has 0 heterocycles. The number of nitrogens with one attached hydrogen (secondary N) is 1. The maximum absolute atomic E-state index is 11.1. The summed E-state index contributed by atoms with van der Waals surface area (Å²) in [6.07, 6.45) is 2.60. The summed E-state index contributed by atoms with van der Waals surface area (Å²) in [5.74, 6) is -0.542. The SMILES string of the molecule is CNC(=O)COc1c(C)cc(/C=C/C(=O)O)cc1C. The molecule has 5 heteroatoms. The Labute approximate surface area is 111 Å². The zero-order valence-electron chi connectivity index (χ0n) is 11.2. The minimum Gasteiger partial charge on any atom is -0.483 e. The van der Waals surface area contributed by atoms with Gasteiger partial charge in [0.25, 0.3) is 5.91 Å². The van der Waals surface area contributed by atoms with Crippen molar-refractivity contribution in [1.82, 2.24) is 5.32 Å². The zero-order valence-corrected chi connectivity index (χ0v) is 11.2. The maximum Gasteiger partial charge on any atom is 0.328 e. The number of rotatable bonds is 5. The van der Waals surface area contributed by atoms with E-state index in [0.717, 1.165) is 22.8 Å². The summed E-state index contributed by atoms with van der Waals surface area (Å²) in [6, 6.07) is 3.62. The summed E-state index contributed by atoms with van der Waals surface area (Å²) >= 11 is 0. The fraction of sp³-hybridized carbons (Fsp3) is 0.286. The molecule has 19 heavy (non-hydrogen) atoms. The molecule has 0 bridgehead atoms. The number of hydrogen-bond acceptors (Lipinski definition) is 3. The number of hydrogen-bond donors (Lipinski definition) is 2. The number of benzene rings is 1. The summed E-state index contributed by atoms with van der Waals surface area (Å²) in [5, 5.41) is 11.1. The molecule has 0 aliphatic rings. The Morgan fingerprint density at radius 3 is 2.37 bits per heavy atom. The lowest BCUT2D eigenvalue weighted by molar-refractivity contribution is -0.131. The Bertz CT molecular complexity index is 497. The van der Waals surface area contributed by atoms with Crippen molar-refractivity contribution in [3.05, 3.63) is 34.9 Å². The van der Waals surface area contributed by atoms with Gasteiger partial charge in [0.2, 0.25) is 0 Å². The third kappa shape index (κ3) is 4.46. The van der Waals surface area contributed by atoms with Crippen LogP contribution in [0.15, 0.2) is 18.2 Å². The first-order valence-corrected chi connectivity index (χ1v) is 5.79. The average Bonchev–Trinajstić information content (AvgIpc) is 2.34. The van der Waals surface area contributed by atoms with Crippen molar-refractivity contribution < 1.29 is 19.4 Å². The van der Waals surface area contributed by atoms with Crippen LogP contribution in [0.2, 0.25) is 0 Å². The Balaban J connectivity index is 2.91. The van der Waals surface area contributed by atoms with Gasteiger partial charge in [-0.3, -0.25) is 4.79 Å². The summed E-state index contributed by atoms with van der Waals surface area (Å²) in [5.41, 5.74) is 2.49. The number of carbonyl (C=O) groups excluding carboxylic acids is 1. The predicted octanol–water partition coefficient (Wildman–Crippen LogP) is 1.53. The molecule has 1 rings (SSSR count). The van der Waals surface area contributed by atoms with Crippen LogP contribution in [0, 0.1) is 13.8 Å². The van der Waals surface area contributed by atoms with Crippen molar-refractivity contribution in [3.63, 3.8) is 0 Å². The first-order valence-electron chi connectivity index (χ1n) is 5.79. The second-order valence-corrected chi connectivity index (χ2v) is 4.12. The molecule has 0 radical (unpaired) electrons. The van der Waals surface area contributed by atoms with E-state index in [1.165, 1.54) is 6.08 Å². The van der Waals surface area contributed by atoms with Gasteiger partial charge in [-0.25, -0.2) is 4.79 Å². The first kappa shape index (κ1) is 14.8. The van der Waals surface area contributed by atoms with Gasteiger partial charge in [-0.05, 0) is 48.7 Å². The molecule has 0 aliphatic heterocycles. The number of aliphatic carboxylic acids is 1. The fourth-order valence-electron chi connectivity index (χ4n) is 1.69. The molecule has 1 amide bonds. The topological polar surface area (TPSA) is 75.6 Å². The summed E-state index contributed by atoms with van der Waals surface area (Å²) in [6.45, 7) is 3.66. The normalized spacial score (nSPS) is 10.5. The van der Waals surface area contributed by atoms with Gasteiger partial charge in [0, 0.05) is 13.1 Å². The van der Waals surface area contributed by atoms with Crippen LogP contribution < -0.4 is 10.1 Å². The highest BCUT2D eigenvalue weighted by atomic mass is 16.5. The molecule has 0 unspecified atom stereocenters. The van der Waals surface area contributed by atoms with E-state index in [9.17, 15) is 9.59 Å². The smallest absolute Gasteiger partial charge is 0.328 e. The van der Waals surface area contributed by atoms with Crippen molar-refractivity contribution in [1.29, 1.82) is 0 Å². The molecular formula is C14H17NO4. The number of carboxylic acids is 1. The molecule has 0 spiro atoms. The highest BCUT2D eigenvalue weighted by molar-refractivity contribution is 5.85. The van der Waals surface area contributed by atoms with Crippen LogP contribution in [0.1, 0.15) is 16.7 Å². The third-order valence-corrected chi connectivity index (χ3v) is 2.53. The second-order valence-electron chi connectivity index (χ2n) is 4.12. The van der Waals surface area contributed by atoms with Crippen LogP contribution in [0.5, 0.6) is 5.75 Å². The van der Waals surface area contributed by atoms with Gasteiger partial charge in [-0.1, -0.05) is 0 Å². The third-order valence-electron chi connectivity index (χ3n) is 2.53. The standard InChI is InChI=1S/C14H17NO4/c1-9-6-11(4-5-13(17)18)7-10(2)14(9)19-8-12(16)15-3/h4-7H,8H2,1-3H3,(H,15,16)(H,17,18)/b5-4+. The summed E-state index contributed by atoms with van der Waals surface area (Å²) < 4.78 is 5.45. The number of aryl methyl sites for hydroxylation is 2. The number of amides is 1. The van der Waals surface area contributed by atoms with Gasteiger partial charge in [0.15, 0.2) is 6.61 Å². The monoisotopic (exact) mass is 263 g/mol. The van der Waals surface area contributed by atoms with Gasteiger partial charge >= 0.3 is 5.97 Å². The molecular weight excluding hydrogens is 246 g/mol. The minimum atomic E-state index is -0.991. The van der Waals surface area contributed by atoms with E-state index in [1.54, 1.807) is 7.05 Å². The Kier molecular flexibility index (Phi) is 5.11. The van der Waals surface area contributed by atoms with Crippen LogP contribution in [0.4, 0.5) is 0 Å². The molecule has 0 aromatic heterocycles. The van der Waals surface area contributed by atoms with Crippen LogP contribution in [0.3, 0.4) is 0 Å². The minimum absolute atomic E-state index is 0.0392. The van der Waals surface area contributed by atoms with Crippen LogP contribution in [0.25, 0.3) is 6.08 Å². The van der Waals surface area contributed by atoms with Gasteiger partial charge in [0.05, 0.1) is 0 Å². The van der Waals surface area contributed by atoms with Crippen LogP contribution in [-0.2, 0) is 9.59 Å². The molecule has 2 N–H and O–H groups in total. The molecule has 5 nitrogen and oxygen atoms in total. The van der Waals surface area contributed by atoms with Crippen molar-refractivity contribution >= 4 is 18.0 Å². The predicted molar refractivity (Wildman–Crippen MR) is 72.1 cm³/mol. The summed E-state index contributed by atoms with van der Waals surface area (Å²) in [4.78, 5) is 21.6. The van der Waals surface area contributed by atoms with E-state index < -0.39 is 5.97 Å². The Hall–Kier alpha value is -2.30. The molecule has 0 saturated carbocycles. The highest BCUT2D eigenvalue weighted by Gasteiger charge is 2.07. The van der Waals surface area contributed by atoms with E-state index in [1.807, 2.05) is 26.0 Å². The number of likely N-dealkylation sites (N-methyl/N-ethyl adjacent to an activating group) is 1. The molecule has 1 aromatic carbocycles. The molecule has 1 aromatic rings. The van der Waals surface area contributed by atoms with Crippen LogP contribution >= 0.6 is 0 Å². The van der Waals surface area contributed by atoms with Gasteiger partial charge < -0.3 is 15.2 Å². The Morgan fingerprint density at radius 2 is 1.89 bits per heavy atom. The van der Waals surface area contributed by atoms with E-state index >= 15 is 0 Å². The maximum atomic E-state index is 11.1. The van der Waals surface area contributed by atoms with E-state index in [0.29, 0.717) is 5.75 Å².